The molecule has 1 aromatic carbocycles. The molecule has 0 radical (unpaired) electrons. The second-order valence-corrected chi connectivity index (χ2v) is 6.00. The van der Waals surface area contributed by atoms with Gasteiger partial charge in [-0.2, -0.15) is 0 Å². The Hall–Kier alpha value is -2.20. The molecule has 2 rings (SSSR count). The Labute approximate surface area is 131 Å². The highest BCUT2D eigenvalue weighted by Gasteiger charge is 2.25. The Balaban J connectivity index is 1.97. The summed E-state index contributed by atoms with van der Waals surface area (Å²) in [6.45, 7) is 4.26. The van der Waals surface area contributed by atoms with Crippen molar-refractivity contribution >= 4 is 5.91 Å². The van der Waals surface area contributed by atoms with Gasteiger partial charge in [-0.3, -0.25) is 9.78 Å². The average molecular weight is 298 g/mol. The highest BCUT2D eigenvalue weighted by Crippen LogP contribution is 2.21. The molecule has 1 amide bonds. The van der Waals surface area contributed by atoms with Gasteiger partial charge in [0.2, 0.25) is 0 Å². The van der Waals surface area contributed by atoms with E-state index in [1.807, 2.05) is 50.2 Å². The second-order valence-electron chi connectivity index (χ2n) is 6.00. The highest BCUT2D eigenvalue weighted by molar-refractivity contribution is 5.93. The van der Waals surface area contributed by atoms with Crippen LogP contribution in [0.1, 0.15) is 28.5 Å². The predicted molar refractivity (Wildman–Crippen MR) is 86.6 cm³/mol. The first kappa shape index (κ1) is 16.2. The number of rotatable bonds is 6. The minimum Gasteiger partial charge on any atom is -0.396 e. The summed E-state index contributed by atoms with van der Waals surface area (Å²) in [6.07, 6.45) is 2.27. The number of nitrogens with zero attached hydrogens (tertiary/aromatic N) is 1. The second kappa shape index (κ2) is 7.18. The van der Waals surface area contributed by atoms with Gasteiger partial charge in [0.15, 0.2) is 0 Å². The number of amides is 1. The zero-order valence-corrected chi connectivity index (χ0v) is 13.0. The third-order valence-corrected chi connectivity index (χ3v) is 3.70. The number of pyridine rings is 1. The maximum absolute atomic E-state index is 12.1. The van der Waals surface area contributed by atoms with E-state index in [2.05, 4.69) is 10.3 Å². The summed E-state index contributed by atoms with van der Waals surface area (Å²) in [7, 11) is 0. The molecule has 0 aliphatic rings. The summed E-state index contributed by atoms with van der Waals surface area (Å²) >= 11 is 0. The number of aromatic nitrogens is 1. The van der Waals surface area contributed by atoms with E-state index in [9.17, 15) is 9.90 Å². The number of hydrogen-bond acceptors (Lipinski definition) is 3. The van der Waals surface area contributed by atoms with E-state index in [-0.39, 0.29) is 12.5 Å². The third-order valence-electron chi connectivity index (χ3n) is 3.70. The van der Waals surface area contributed by atoms with Crippen molar-refractivity contribution in [3.63, 3.8) is 0 Å². The summed E-state index contributed by atoms with van der Waals surface area (Å²) in [6, 6.07) is 13.5. The van der Waals surface area contributed by atoms with E-state index in [4.69, 9.17) is 0 Å². The van der Waals surface area contributed by atoms with E-state index in [1.165, 1.54) is 0 Å². The molecule has 0 spiro atoms. The fourth-order valence-electron chi connectivity index (χ4n) is 2.26. The Bertz CT molecular complexity index is 611. The first-order chi connectivity index (χ1) is 10.5. The number of benzene rings is 1. The minimum atomic E-state index is -0.394. The number of aryl methyl sites for hydroxylation is 1. The van der Waals surface area contributed by atoms with Gasteiger partial charge in [-0.25, -0.2) is 0 Å². The average Bonchev–Trinajstić information content (AvgIpc) is 2.54. The molecule has 0 unspecified atom stereocenters. The van der Waals surface area contributed by atoms with Crippen molar-refractivity contribution in [1.82, 2.24) is 10.3 Å². The van der Waals surface area contributed by atoms with Crippen molar-refractivity contribution in [3.8, 4) is 0 Å². The zero-order chi connectivity index (χ0) is 16.0. The quantitative estimate of drug-likeness (QED) is 0.860. The largest absolute Gasteiger partial charge is 0.396 e. The standard InChI is InChI=1S/C18H22N2O2/c1-14-8-9-16(11-19-14)17(22)20-12-18(2,13-21)10-15-6-4-3-5-7-15/h3-9,11,21H,10,12-13H2,1-2H3,(H,20,22)/t18-/m0/s1. The van der Waals surface area contributed by atoms with Gasteiger partial charge in [0.1, 0.15) is 0 Å². The van der Waals surface area contributed by atoms with Crippen LogP contribution in [-0.4, -0.2) is 29.1 Å². The molecule has 116 valence electrons. The first-order valence-corrected chi connectivity index (χ1v) is 7.38. The molecular weight excluding hydrogens is 276 g/mol. The topological polar surface area (TPSA) is 62.2 Å². The van der Waals surface area contributed by atoms with Crippen LogP contribution in [0.4, 0.5) is 0 Å². The SMILES string of the molecule is Cc1ccc(C(=O)NC[C@@](C)(CO)Cc2ccccc2)cn1. The smallest absolute Gasteiger partial charge is 0.252 e. The van der Waals surface area contributed by atoms with Gasteiger partial charge >= 0.3 is 0 Å². The van der Waals surface area contributed by atoms with E-state index in [1.54, 1.807) is 12.3 Å². The van der Waals surface area contributed by atoms with Crippen LogP contribution < -0.4 is 5.32 Å². The Morgan fingerprint density at radius 1 is 1.23 bits per heavy atom. The van der Waals surface area contributed by atoms with E-state index in [0.29, 0.717) is 18.5 Å². The zero-order valence-electron chi connectivity index (χ0n) is 13.0. The number of nitrogens with one attached hydrogen (secondary N) is 1. The van der Waals surface area contributed by atoms with E-state index in [0.717, 1.165) is 11.3 Å². The normalized spacial score (nSPS) is 13.4. The molecule has 0 aliphatic heterocycles. The van der Waals surface area contributed by atoms with Crippen LogP contribution in [0.2, 0.25) is 0 Å². The van der Waals surface area contributed by atoms with Gasteiger partial charge < -0.3 is 10.4 Å². The van der Waals surface area contributed by atoms with Gasteiger partial charge in [0.25, 0.3) is 5.91 Å². The van der Waals surface area contributed by atoms with E-state index >= 15 is 0 Å². The van der Waals surface area contributed by atoms with Crippen molar-refractivity contribution in [2.75, 3.05) is 13.2 Å². The van der Waals surface area contributed by atoms with Crippen LogP contribution in [0.15, 0.2) is 48.7 Å². The summed E-state index contributed by atoms with van der Waals surface area (Å²) < 4.78 is 0. The first-order valence-electron chi connectivity index (χ1n) is 7.38. The lowest BCUT2D eigenvalue weighted by molar-refractivity contribution is 0.0895. The Morgan fingerprint density at radius 3 is 2.55 bits per heavy atom. The molecule has 1 aromatic heterocycles. The number of aliphatic hydroxyl groups is 1. The van der Waals surface area contributed by atoms with Gasteiger partial charge in [-0.15, -0.1) is 0 Å². The van der Waals surface area contributed by atoms with Crippen molar-refractivity contribution in [3.05, 3.63) is 65.5 Å². The van der Waals surface area contributed by atoms with Crippen LogP contribution in [0.25, 0.3) is 0 Å². The molecule has 0 aliphatic carbocycles. The lowest BCUT2D eigenvalue weighted by Gasteiger charge is -2.27. The van der Waals surface area contributed by atoms with Crippen molar-refractivity contribution < 1.29 is 9.90 Å². The van der Waals surface area contributed by atoms with Crippen molar-refractivity contribution in [2.45, 2.75) is 20.3 Å². The lowest BCUT2D eigenvalue weighted by atomic mass is 9.84. The van der Waals surface area contributed by atoms with Gasteiger partial charge in [0, 0.05) is 23.9 Å². The van der Waals surface area contributed by atoms with Crippen molar-refractivity contribution in [1.29, 1.82) is 0 Å². The molecule has 0 saturated carbocycles. The molecule has 0 fully saturated rings. The fraction of sp³-hybridized carbons (Fsp3) is 0.333. The summed E-state index contributed by atoms with van der Waals surface area (Å²) in [5.74, 6) is -0.166. The lowest BCUT2D eigenvalue weighted by Crippen LogP contribution is -2.39. The monoisotopic (exact) mass is 298 g/mol. The minimum absolute atomic E-state index is 0.00826. The molecule has 1 heterocycles. The third kappa shape index (κ3) is 4.40. The molecule has 2 aromatic rings. The highest BCUT2D eigenvalue weighted by atomic mass is 16.3. The summed E-state index contributed by atoms with van der Waals surface area (Å²) in [5.41, 5.74) is 2.16. The maximum atomic E-state index is 12.1. The molecule has 0 bridgehead atoms. The van der Waals surface area contributed by atoms with Gasteiger partial charge in [-0.05, 0) is 31.0 Å². The summed E-state index contributed by atoms with van der Waals surface area (Å²) in [5, 5.41) is 12.6. The summed E-state index contributed by atoms with van der Waals surface area (Å²) in [4.78, 5) is 16.3. The van der Waals surface area contributed by atoms with Gasteiger partial charge in [0.05, 0.1) is 12.2 Å². The molecule has 2 N–H and O–H groups in total. The van der Waals surface area contributed by atoms with Crippen LogP contribution >= 0.6 is 0 Å². The molecular formula is C18H22N2O2. The van der Waals surface area contributed by atoms with Gasteiger partial charge in [-0.1, -0.05) is 37.3 Å². The molecule has 0 saturated heterocycles. The molecule has 4 heteroatoms. The van der Waals surface area contributed by atoms with Crippen LogP contribution in [-0.2, 0) is 6.42 Å². The Kier molecular flexibility index (Phi) is 5.28. The molecule has 1 atom stereocenters. The maximum Gasteiger partial charge on any atom is 0.252 e. The fourth-order valence-corrected chi connectivity index (χ4v) is 2.26. The van der Waals surface area contributed by atoms with E-state index < -0.39 is 5.41 Å². The molecule has 22 heavy (non-hydrogen) atoms. The van der Waals surface area contributed by atoms with Crippen LogP contribution in [0, 0.1) is 12.3 Å². The predicted octanol–water partition coefficient (Wildman–Crippen LogP) is 2.36. The van der Waals surface area contributed by atoms with Crippen LogP contribution in [0.5, 0.6) is 0 Å². The number of aliphatic hydroxyl groups excluding tert-OH is 1. The van der Waals surface area contributed by atoms with Crippen molar-refractivity contribution in [2.24, 2.45) is 5.41 Å². The number of carbonyl (C=O) groups excluding carboxylic acids is 1. The number of carbonyl (C=O) groups is 1. The van der Waals surface area contributed by atoms with Crippen LogP contribution in [0.3, 0.4) is 0 Å². The molecule has 4 nitrogen and oxygen atoms in total. The number of hydrogen-bond donors (Lipinski definition) is 2. The Morgan fingerprint density at radius 2 is 1.95 bits per heavy atom.